The first kappa shape index (κ1) is 9.61. The van der Waals surface area contributed by atoms with Gasteiger partial charge in [0, 0.05) is 7.11 Å². The fourth-order valence-corrected chi connectivity index (χ4v) is 2.16. The molecular weight excluding hydrogens is 182 g/mol. The van der Waals surface area contributed by atoms with Crippen LogP contribution in [0.25, 0.3) is 0 Å². The Bertz CT molecular complexity index is 300. The van der Waals surface area contributed by atoms with Gasteiger partial charge in [0.15, 0.2) is 5.82 Å². The van der Waals surface area contributed by atoms with E-state index in [1.807, 2.05) is 4.57 Å². The van der Waals surface area contributed by atoms with Crippen LogP contribution in [0.2, 0.25) is 0 Å². The Balaban J connectivity index is 2.21. The zero-order valence-corrected chi connectivity index (χ0v) is 8.26. The molecule has 0 aromatic carbocycles. The van der Waals surface area contributed by atoms with Crippen LogP contribution >= 0.6 is 0 Å². The van der Waals surface area contributed by atoms with Gasteiger partial charge in [-0.05, 0) is 19.3 Å². The third-order valence-electron chi connectivity index (χ3n) is 2.87. The molecule has 1 fully saturated rings. The second-order valence-electron chi connectivity index (χ2n) is 3.58. The highest BCUT2D eigenvalue weighted by Gasteiger charge is 2.29. The summed E-state index contributed by atoms with van der Waals surface area (Å²) < 4.78 is 7.32. The summed E-state index contributed by atoms with van der Waals surface area (Å²) in [5, 5.41) is 16.7. The van der Waals surface area contributed by atoms with Gasteiger partial charge in [0.1, 0.15) is 12.9 Å². The molecule has 0 radical (unpaired) electrons. The molecule has 78 valence electrons. The second-order valence-corrected chi connectivity index (χ2v) is 3.58. The Morgan fingerprint density at radius 2 is 2.50 bits per heavy atom. The molecule has 1 aromatic rings. The van der Waals surface area contributed by atoms with Gasteiger partial charge >= 0.3 is 0 Å². The molecule has 1 aliphatic carbocycles. The van der Waals surface area contributed by atoms with Gasteiger partial charge in [0.25, 0.3) is 0 Å². The normalized spacial score (nSPS) is 27.0. The van der Waals surface area contributed by atoms with Crippen LogP contribution in [0.5, 0.6) is 0 Å². The predicted molar refractivity (Wildman–Crippen MR) is 49.6 cm³/mol. The van der Waals surface area contributed by atoms with Crippen LogP contribution < -0.4 is 0 Å². The zero-order valence-electron chi connectivity index (χ0n) is 8.26. The summed E-state index contributed by atoms with van der Waals surface area (Å²) in [6, 6.07) is 0.289. The number of nitrogens with zero attached hydrogens (tertiary/aromatic N) is 3. The molecule has 5 heteroatoms. The lowest BCUT2D eigenvalue weighted by Gasteiger charge is -2.20. The van der Waals surface area contributed by atoms with E-state index in [0.29, 0.717) is 5.82 Å². The summed E-state index contributed by atoms with van der Waals surface area (Å²) >= 11 is 0. The summed E-state index contributed by atoms with van der Waals surface area (Å²) in [6.07, 6.45) is 5.21. The molecule has 1 heterocycles. The van der Waals surface area contributed by atoms with Crippen LogP contribution in [0.1, 0.15) is 31.1 Å². The monoisotopic (exact) mass is 197 g/mol. The van der Waals surface area contributed by atoms with Crippen LogP contribution in [-0.2, 0) is 11.3 Å². The summed E-state index contributed by atoms with van der Waals surface area (Å²) in [7, 11) is 1.73. The van der Waals surface area contributed by atoms with E-state index in [-0.39, 0.29) is 18.8 Å². The number of aliphatic hydroxyl groups excluding tert-OH is 1. The molecule has 2 atom stereocenters. The summed E-state index contributed by atoms with van der Waals surface area (Å²) in [5.74, 6) is 0.624. The lowest BCUT2D eigenvalue weighted by molar-refractivity contribution is 0.0724. The first-order valence-corrected chi connectivity index (χ1v) is 4.89. The molecule has 5 nitrogen and oxygen atoms in total. The molecule has 0 saturated heterocycles. The summed E-state index contributed by atoms with van der Waals surface area (Å²) in [5.41, 5.74) is 0. The largest absolute Gasteiger partial charge is 0.388 e. The number of methoxy groups -OCH3 is 1. The van der Waals surface area contributed by atoms with Gasteiger partial charge in [-0.3, -0.25) is 0 Å². The maximum absolute atomic E-state index is 9.06. The molecule has 1 saturated carbocycles. The predicted octanol–water partition coefficient (Wildman–Crippen LogP) is 0.510. The van der Waals surface area contributed by atoms with Crippen molar-refractivity contribution in [2.45, 2.75) is 38.0 Å². The number of aromatic nitrogens is 3. The minimum Gasteiger partial charge on any atom is -0.388 e. The number of aliphatic hydroxyl groups is 1. The van der Waals surface area contributed by atoms with Crippen LogP contribution in [0.4, 0.5) is 0 Å². The van der Waals surface area contributed by atoms with Crippen molar-refractivity contribution in [2.24, 2.45) is 0 Å². The molecule has 0 bridgehead atoms. The molecule has 1 N–H and O–H groups in total. The van der Waals surface area contributed by atoms with E-state index in [1.54, 1.807) is 13.4 Å². The maximum Gasteiger partial charge on any atom is 0.158 e. The van der Waals surface area contributed by atoms with Crippen LogP contribution in [0, 0.1) is 0 Å². The topological polar surface area (TPSA) is 60.2 Å². The molecule has 0 amide bonds. The zero-order chi connectivity index (χ0) is 9.97. The van der Waals surface area contributed by atoms with Gasteiger partial charge in [-0.1, -0.05) is 0 Å². The fraction of sp³-hybridized carbons (Fsp3) is 0.778. The lowest BCUT2D eigenvalue weighted by Crippen LogP contribution is -2.21. The molecule has 0 spiro atoms. The number of hydrogen-bond acceptors (Lipinski definition) is 4. The molecule has 1 aliphatic rings. The first-order chi connectivity index (χ1) is 6.86. The van der Waals surface area contributed by atoms with E-state index < -0.39 is 0 Å². The standard InChI is InChI=1S/C9H15N3O2/c1-14-8-4-2-3-7(8)12-6-10-11-9(12)5-13/h6-8,13H,2-5H2,1H3. The first-order valence-electron chi connectivity index (χ1n) is 4.89. The van der Waals surface area contributed by atoms with Crippen molar-refractivity contribution in [1.29, 1.82) is 0 Å². The van der Waals surface area contributed by atoms with Crippen molar-refractivity contribution < 1.29 is 9.84 Å². The highest BCUT2D eigenvalue weighted by molar-refractivity contribution is 4.93. The molecule has 14 heavy (non-hydrogen) atoms. The number of rotatable bonds is 3. The molecule has 2 rings (SSSR count). The Hall–Kier alpha value is -0.940. The van der Waals surface area contributed by atoms with Crippen molar-refractivity contribution in [3.8, 4) is 0 Å². The van der Waals surface area contributed by atoms with Gasteiger partial charge < -0.3 is 14.4 Å². The van der Waals surface area contributed by atoms with Gasteiger partial charge in [0.2, 0.25) is 0 Å². The van der Waals surface area contributed by atoms with Gasteiger partial charge in [-0.15, -0.1) is 10.2 Å². The Morgan fingerprint density at radius 1 is 1.64 bits per heavy atom. The van der Waals surface area contributed by atoms with Crippen molar-refractivity contribution in [1.82, 2.24) is 14.8 Å². The second kappa shape index (κ2) is 4.06. The SMILES string of the molecule is COC1CCCC1n1cnnc1CO. The Kier molecular flexibility index (Phi) is 2.79. The van der Waals surface area contributed by atoms with Crippen LogP contribution in [0.15, 0.2) is 6.33 Å². The lowest BCUT2D eigenvalue weighted by atomic mass is 10.2. The van der Waals surface area contributed by atoms with E-state index >= 15 is 0 Å². The smallest absolute Gasteiger partial charge is 0.158 e. The van der Waals surface area contributed by atoms with E-state index in [2.05, 4.69) is 10.2 Å². The third kappa shape index (κ3) is 1.53. The van der Waals surface area contributed by atoms with Gasteiger partial charge in [-0.2, -0.15) is 0 Å². The van der Waals surface area contributed by atoms with Crippen molar-refractivity contribution in [3.05, 3.63) is 12.2 Å². The highest BCUT2D eigenvalue weighted by Crippen LogP contribution is 2.32. The number of ether oxygens (including phenoxy) is 1. The van der Waals surface area contributed by atoms with E-state index in [1.165, 1.54) is 0 Å². The van der Waals surface area contributed by atoms with Crippen LogP contribution in [0.3, 0.4) is 0 Å². The van der Waals surface area contributed by atoms with Crippen LogP contribution in [-0.4, -0.2) is 33.1 Å². The molecule has 0 aliphatic heterocycles. The fourth-order valence-electron chi connectivity index (χ4n) is 2.16. The maximum atomic E-state index is 9.06. The summed E-state index contributed by atoms with van der Waals surface area (Å²) in [4.78, 5) is 0. The van der Waals surface area contributed by atoms with Gasteiger partial charge in [-0.25, -0.2) is 0 Å². The van der Waals surface area contributed by atoms with E-state index in [4.69, 9.17) is 9.84 Å². The average Bonchev–Trinajstić information content (AvgIpc) is 2.85. The van der Waals surface area contributed by atoms with Crippen molar-refractivity contribution in [2.75, 3.05) is 7.11 Å². The van der Waals surface area contributed by atoms with Gasteiger partial charge in [0.05, 0.1) is 12.1 Å². The number of hydrogen-bond donors (Lipinski definition) is 1. The van der Waals surface area contributed by atoms with E-state index in [9.17, 15) is 0 Å². The minimum atomic E-state index is -0.0626. The third-order valence-corrected chi connectivity index (χ3v) is 2.87. The minimum absolute atomic E-state index is 0.0626. The summed E-state index contributed by atoms with van der Waals surface area (Å²) in [6.45, 7) is -0.0626. The average molecular weight is 197 g/mol. The molecule has 2 unspecified atom stereocenters. The quantitative estimate of drug-likeness (QED) is 0.767. The Morgan fingerprint density at radius 3 is 3.21 bits per heavy atom. The molecular formula is C9H15N3O2. The van der Waals surface area contributed by atoms with E-state index in [0.717, 1.165) is 19.3 Å². The Labute approximate surface area is 82.7 Å². The highest BCUT2D eigenvalue weighted by atomic mass is 16.5. The van der Waals surface area contributed by atoms with Crippen molar-refractivity contribution in [3.63, 3.8) is 0 Å². The molecule has 1 aromatic heterocycles. The van der Waals surface area contributed by atoms with Crippen molar-refractivity contribution >= 4 is 0 Å².